The quantitative estimate of drug-likeness (QED) is 0.184. The van der Waals surface area contributed by atoms with E-state index in [1.54, 1.807) is 0 Å². The summed E-state index contributed by atoms with van der Waals surface area (Å²) in [5.74, 6) is -0.541. The van der Waals surface area contributed by atoms with E-state index in [0.717, 1.165) is 33.9 Å². The van der Waals surface area contributed by atoms with Crippen molar-refractivity contribution in [3.63, 3.8) is 0 Å². The van der Waals surface area contributed by atoms with Gasteiger partial charge < -0.3 is 9.40 Å². The summed E-state index contributed by atoms with van der Waals surface area (Å²) < 4.78 is 9.98. The van der Waals surface area contributed by atoms with E-state index in [0.29, 0.717) is 22.4 Å². The van der Waals surface area contributed by atoms with Crippen LogP contribution in [0, 0.1) is 6.92 Å². The van der Waals surface area contributed by atoms with Gasteiger partial charge in [0, 0.05) is 47.8 Å². The van der Waals surface area contributed by atoms with Crippen molar-refractivity contribution in [3.05, 3.63) is 82.9 Å². The van der Waals surface area contributed by atoms with E-state index in [9.17, 15) is 9.59 Å². The summed E-state index contributed by atoms with van der Waals surface area (Å²) in [6.45, 7) is 5.94. The first-order valence-corrected chi connectivity index (χ1v) is 10.1. The van der Waals surface area contributed by atoms with E-state index in [-0.39, 0.29) is 12.7 Å². The molecule has 0 atom stereocenters. The monoisotopic (exact) mass is 413 g/mol. The van der Waals surface area contributed by atoms with E-state index in [4.69, 9.17) is 6.21 Å². The summed E-state index contributed by atoms with van der Waals surface area (Å²) in [6, 6.07) is 19.2. The highest BCUT2D eigenvalue weighted by molar-refractivity contribution is 6.16. The average Bonchev–Trinajstić information content (AvgIpc) is 3.11. The van der Waals surface area contributed by atoms with Gasteiger partial charge in [-0.2, -0.15) is 0 Å². The van der Waals surface area contributed by atoms with Crippen molar-refractivity contribution in [3.8, 4) is 0 Å². The molecular formula is C26H24N2O3. The van der Waals surface area contributed by atoms with Crippen LogP contribution >= 0.6 is 0 Å². The molecule has 0 aliphatic carbocycles. The maximum atomic E-state index is 13.2. The van der Waals surface area contributed by atoms with Gasteiger partial charge in [-0.25, -0.2) is 4.79 Å². The van der Waals surface area contributed by atoms with Gasteiger partial charge in [-0.05, 0) is 62.2 Å². The zero-order chi connectivity index (χ0) is 22.8. The van der Waals surface area contributed by atoms with Crippen LogP contribution in [-0.2, 0) is 16.2 Å². The van der Waals surface area contributed by atoms with Crippen LogP contribution in [0.25, 0.3) is 21.8 Å². The summed E-state index contributed by atoms with van der Waals surface area (Å²) in [5, 5.41) is 5.76. The fourth-order valence-corrected chi connectivity index (χ4v) is 3.92. The lowest BCUT2D eigenvalue weighted by Crippen LogP contribution is -2.03. The van der Waals surface area contributed by atoms with Crippen LogP contribution in [0.3, 0.4) is 0 Å². The number of benzene rings is 3. The Morgan fingerprint density at radius 3 is 2.26 bits per heavy atom. The Balaban J connectivity index is 1.90. The first-order valence-electron chi connectivity index (χ1n) is 10.9. The second-order valence-corrected chi connectivity index (χ2v) is 7.47. The molecule has 5 nitrogen and oxygen atoms in total. The third kappa shape index (κ3) is 3.75. The molecule has 5 heteroatoms. The Morgan fingerprint density at radius 2 is 1.65 bits per heavy atom. The number of hydrogen-bond acceptors (Lipinski definition) is 4. The van der Waals surface area contributed by atoms with Gasteiger partial charge in [-0.3, -0.25) is 4.79 Å². The molecule has 0 N–H and O–H groups in total. The van der Waals surface area contributed by atoms with Gasteiger partial charge in [-0.15, -0.1) is 0 Å². The molecule has 0 amide bonds. The minimum atomic E-state index is -0.529. The van der Waals surface area contributed by atoms with E-state index < -0.39 is 5.97 Å². The standard InChI is InChI=1S/C26H24N2O3/c1-5-28-24-12-10-19(17(3)27-31-18(4)29)14-22(24)23-15-20(11-13-25(23)28)26(30)21-9-7-6-8-16(21)2/h6-15H,5H2,1-4H3/i3D. The summed E-state index contributed by atoms with van der Waals surface area (Å²) in [7, 11) is 0. The smallest absolute Gasteiger partial charge is 0.331 e. The topological polar surface area (TPSA) is 60.7 Å². The Bertz CT molecular complexity index is 1380. The van der Waals surface area contributed by atoms with Crippen molar-refractivity contribution in [1.29, 1.82) is 0 Å². The van der Waals surface area contributed by atoms with Gasteiger partial charge in [0.1, 0.15) is 0 Å². The number of fused-ring (bicyclic) bond motifs is 3. The highest BCUT2D eigenvalue weighted by atomic mass is 16.7. The lowest BCUT2D eigenvalue weighted by molar-refractivity contribution is -0.140. The zero-order valence-electron chi connectivity index (χ0n) is 18.8. The third-order valence-electron chi connectivity index (χ3n) is 5.45. The molecule has 0 bridgehead atoms. The molecule has 0 spiro atoms. The Hall–Kier alpha value is -3.73. The van der Waals surface area contributed by atoms with E-state index in [1.165, 1.54) is 6.92 Å². The summed E-state index contributed by atoms with van der Waals surface area (Å²) in [4.78, 5) is 29.1. The highest BCUT2D eigenvalue weighted by Crippen LogP contribution is 2.31. The molecule has 1 aromatic heterocycles. The lowest BCUT2D eigenvalue weighted by atomic mass is 9.97. The van der Waals surface area contributed by atoms with Crippen molar-refractivity contribution in [2.24, 2.45) is 5.16 Å². The number of carbonyl (C=O) groups is 2. The average molecular weight is 413 g/mol. The van der Waals surface area contributed by atoms with Crippen LogP contribution in [0.1, 0.15) is 49.2 Å². The van der Waals surface area contributed by atoms with Crippen LogP contribution in [0.4, 0.5) is 0 Å². The molecule has 0 unspecified atom stereocenters. The molecule has 0 aliphatic heterocycles. The third-order valence-corrected chi connectivity index (χ3v) is 5.45. The minimum Gasteiger partial charge on any atom is -0.341 e. The van der Waals surface area contributed by atoms with Crippen LogP contribution < -0.4 is 0 Å². The lowest BCUT2D eigenvalue weighted by Gasteiger charge is -2.06. The molecule has 0 fully saturated rings. The Kier molecular flexibility index (Phi) is 5.08. The van der Waals surface area contributed by atoms with Gasteiger partial charge in [0.2, 0.25) is 0 Å². The Morgan fingerprint density at radius 1 is 1.00 bits per heavy atom. The number of rotatable bonds is 5. The van der Waals surface area contributed by atoms with Gasteiger partial charge in [0.15, 0.2) is 5.78 Å². The molecule has 156 valence electrons. The van der Waals surface area contributed by atoms with Crippen LogP contribution in [-0.4, -0.2) is 22.0 Å². The van der Waals surface area contributed by atoms with Crippen molar-refractivity contribution in [1.82, 2.24) is 4.57 Å². The van der Waals surface area contributed by atoms with Crippen molar-refractivity contribution in [2.45, 2.75) is 34.2 Å². The number of oxime groups is 1. The molecule has 0 radical (unpaired) electrons. The molecule has 4 rings (SSSR count). The van der Waals surface area contributed by atoms with Crippen LogP contribution in [0.2, 0.25) is 0 Å². The van der Waals surface area contributed by atoms with Gasteiger partial charge in [0.05, 0.1) is 5.71 Å². The maximum Gasteiger partial charge on any atom is 0.331 e. The first kappa shape index (κ1) is 19.2. The molecule has 0 saturated heterocycles. The summed E-state index contributed by atoms with van der Waals surface area (Å²) in [5.41, 5.74) is 5.40. The SMILES string of the molecule is [2H]CC(=NOC(C)=O)c1ccc2c(c1)c1cc(C(=O)c3ccccc3C)ccc1n2CC. The number of aromatic nitrogens is 1. The zero-order valence-corrected chi connectivity index (χ0v) is 17.8. The summed E-state index contributed by atoms with van der Waals surface area (Å²) in [6.07, 6.45) is 0. The molecular weight excluding hydrogens is 388 g/mol. The van der Waals surface area contributed by atoms with E-state index >= 15 is 0 Å². The Labute approximate surface area is 182 Å². The second kappa shape index (κ2) is 8.19. The molecule has 4 aromatic rings. The number of hydrogen-bond donors (Lipinski definition) is 0. The molecule has 3 aromatic carbocycles. The largest absolute Gasteiger partial charge is 0.341 e. The molecule has 0 saturated carbocycles. The fourth-order valence-electron chi connectivity index (χ4n) is 3.92. The number of aryl methyl sites for hydroxylation is 2. The van der Waals surface area contributed by atoms with Gasteiger partial charge in [0.25, 0.3) is 0 Å². The van der Waals surface area contributed by atoms with Crippen molar-refractivity contribution in [2.75, 3.05) is 0 Å². The van der Waals surface area contributed by atoms with Crippen LogP contribution in [0.5, 0.6) is 0 Å². The number of ketones is 1. The predicted molar refractivity (Wildman–Crippen MR) is 124 cm³/mol. The fraction of sp³-hybridized carbons (Fsp3) is 0.192. The normalized spacial score (nSPS) is 12.2. The van der Waals surface area contributed by atoms with Crippen LogP contribution in [0.15, 0.2) is 65.8 Å². The maximum absolute atomic E-state index is 13.2. The van der Waals surface area contributed by atoms with E-state index in [1.807, 2.05) is 67.6 Å². The van der Waals surface area contributed by atoms with Gasteiger partial charge in [-0.1, -0.05) is 35.5 Å². The number of nitrogens with zero attached hydrogens (tertiary/aromatic N) is 2. The minimum absolute atomic E-state index is 0.0122. The van der Waals surface area contributed by atoms with E-state index in [2.05, 4.69) is 16.6 Å². The second-order valence-electron chi connectivity index (χ2n) is 7.47. The predicted octanol–water partition coefficient (Wildman–Crippen LogP) is 5.64. The van der Waals surface area contributed by atoms with Gasteiger partial charge >= 0.3 is 5.97 Å². The first-order chi connectivity index (χ1) is 15.4. The molecule has 0 aliphatic rings. The van der Waals surface area contributed by atoms with Crippen molar-refractivity contribution < 1.29 is 15.8 Å². The van der Waals surface area contributed by atoms with Crippen molar-refractivity contribution >= 4 is 39.3 Å². The summed E-state index contributed by atoms with van der Waals surface area (Å²) >= 11 is 0. The molecule has 31 heavy (non-hydrogen) atoms. The molecule has 1 heterocycles. The highest BCUT2D eigenvalue weighted by Gasteiger charge is 2.16. The number of carbonyl (C=O) groups excluding carboxylic acids is 2.